The fraction of sp³-hybridized carbons (Fsp3) is 0.714. The van der Waals surface area contributed by atoms with Gasteiger partial charge in [0.2, 0.25) is 0 Å². The molecule has 8 heavy (non-hydrogen) atoms. The summed E-state index contributed by atoms with van der Waals surface area (Å²) < 4.78 is 0. The summed E-state index contributed by atoms with van der Waals surface area (Å²) >= 11 is 0. The number of rotatable bonds is 2. The zero-order valence-electron chi connectivity index (χ0n) is 5.73. The minimum absolute atomic E-state index is 0.472. The maximum atomic E-state index is 8.22. The van der Waals surface area contributed by atoms with Crippen LogP contribution < -0.4 is 0 Å². The number of nitrogens with zero attached hydrogens (tertiary/aromatic N) is 1. The summed E-state index contributed by atoms with van der Waals surface area (Å²) in [6.07, 6.45) is 0.655. The summed E-state index contributed by atoms with van der Waals surface area (Å²) in [5.41, 5.74) is 0. The second kappa shape index (κ2) is 3.49. The minimum Gasteiger partial charge on any atom is -0.198 e. The molecule has 0 saturated carbocycles. The van der Waals surface area contributed by atoms with Crippen LogP contribution in [0.1, 0.15) is 27.2 Å². The van der Waals surface area contributed by atoms with Crippen LogP contribution in [0.2, 0.25) is 0 Å². The third-order valence-corrected chi connectivity index (χ3v) is 1.38. The lowest BCUT2D eigenvalue weighted by Crippen LogP contribution is -1.99. The Morgan fingerprint density at radius 3 is 2.25 bits per heavy atom. The third-order valence-electron chi connectivity index (χ3n) is 1.38. The van der Waals surface area contributed by atoms with Crippen molar-refractivity contribution in [1.29, 1.82) is 5.26 Å². The van der Waals surface area contributed by atoms with E-state index in [2.05, 4.69) is 26.8 Å². The van der Waals surface area contributed by atoms with E-state index in [9.17, 15) is 0 Å². The molecule has 0 aliphatic heterocycles. The second-order valence-electron chi connectivity index (χ2n) is 2.34. The Morgan fingerprint density at radius 1 is 1.62 bits per heavy atom. The second-order valence-corrected chi connectivity index (χ2v) is 2.34. The first-order valence-electron chi connectivity index (χ1n) is 2.85. The van der Waals surface area contributed by atoms with E-state index in [-0.39, 0.29) is 0 Å². The first kappa shape index (κ1) is 7.49. The molecule has 0 bridgehead atoms. The van der Waals surface area contributed by atoms with Gasteiger partial charge in [0, 0.05) is 6.42 Å². The highest BCUT2D eigenvalue weighted by molar-refractivity contribution is 4.89. The molecule has 0 N–H and O–H groups in total. The maximum Gasteiger partial charge on any atom is 0.0624 e. The fourth-order valence-electron chi connectivity index (χ4n) is 0.341. The smallest absolute Gasteiger partial charge is 0.0624 e. The Morgan fingerprint density at radius 2 is 2.12 bits per heavy atom. The molecule has 0 amide bonds. The van der Waals surface area contributed by atoms with Crippen LogP contribution in [-0.4, -0.2) is 0 Å². The van der Waals surface area contributed by atoms with E-state index in [0.717, 1.165) is 0 Å². The Hall–Kier alpha value is -0.510. The molecule has 0 fully saturated rings. The summed E-state index contributed by atoms with van der Waals surface area (Å²) in [6, 6.07) is 2.13. The highest BCUT2D eigenvalue weighted by atomic mass is 14.2. The van der Waals surface area contributed by atoms with Crippen LogP contribution in [0.4, 0.5) is 0 Å². The molecular weight excluding hydrogens is 98.1 g/mol. The van der Waals surface area contributed by atoms with Crippen LogP contribution >= 0.6 is 0 Å². The quantitative estimate of drug-likeness (QED) is 0.534. The van der Waals surface area contributed by atoms with E-state index in [0.29, 0.717) is 12.3 Å². The molecule has 0 spiro atoms. The molecule has 0 aromatic rings. The highest BCUT2D eigenvalue weighted by Crippen LogP contribution is 2.14. The lowest BCUT2D eigenvalue weighted by molar-refractivity contribution is 0.619. The summed E-state index contributed by atoms with van der Waals surface area (Å²) in [4.78, 5) is 0. The van der Waals surface area contributed by atoms with Crippen LogP contribution in [0, 0.1) is 23.2 Å². The molecular formula is C7H12N. The first-order chi connectivity index (χ1) is 3.68. The Bertz CT molecular complexity index is 89.1. The van der Waals surface area contributed by atoms with Crippen LogP contribution in [0.25, 0.3) is 0 Å². The average Bonchev–Trinajstić information content (AvgIpc) is 1.67. The lowest BCUT2D eigenvalue weighted by Gasteiger charge is -2.08. The van der Waals surface area contributed by atoms with E-state index in [4.69, 9.17) is 5.26 Å². The van der Waals surface area contributed by atoms with Crippen molar-refractivity contribution in [1.82, 2.24) is 0 Å². The standard InChI is InChI=1S/C7H12N/c1-6(2)7(3)4-5-8/h7H,4H2,1-3H3. The number of hydrogen-bond acceptors (Lipinski definition) is 1. The molecule has 1 radical (unpaired) electrons. The summed E-state index contributed by atoms with van der Waals surface area (Å²) in [5.74, 6) is 1.81. The molecule has 0 saturated heterocycles. The third kappa shape index (κ3) is 2.63. The van der Waals surface area contributed by atoms with Crippen molar-refractivity contribution >= 4 is 0 Å². The van der Waals surface area contributed by atoms with Gasteiger partial charge in [-0.3, -0.25) is 0 Å². The van der Waals surface area contributed by atoms with Gasteiger partial charge in [0.25, 0.3) is 0 Å². The first-order valence-corrected chi connectivity index (χ1v) is 2.85. The van der Waals surface area contributed by atoms with Gasteiger partial charge in [-0.15, -0.1) is 0 Å². The molecule has 1 atom stereocenters. The van der Waals surface area contributed by atoms with Crippen molar-refractivity contribution in [2.75, 3.05) is 0 Å². The lowest BCUT2D eigenvalue weighted by atomic mass is 9.96. The number of hydrogen-bond donors (Lipinski definition) is 0. The molecule has 1 unspecified atom stereocenters. The predicted octanol–water partition coefficient (Wildman–Crippen LogP) is 2.15. The normalized spacial score (nSPS) is 13.4. The largest absolute Gasteiger partial charge is 0.198 e. The zero-order valence-corrected chi connectivity index (χ0v) is 5.73. The molecule has 1 nitrogen and oxygen atoms in total. The van der Waals surface area contributed by atoms with Crippen LogP contribution in [0.3, 0.4) is 0 Å². The molecule has 0 aliphatic rings. The molecule has 0 rings (SSSR count). The van der Waals surface area contributed by atoms with Crippen LogP contribution in [0.15, 0.2) is 0 Å². The van der Waals surface area contributed by atoms with E-state index >= 15 is 0 Å². The van der Waals surface area contributed by atoms with Gasteiger partial charge < -0.3 is 0 Å². The molecule has 45 valence electrons. The van der Waals surface area contributed by atoms with Gasteiger partial charge in [-0.25, -0.2) is 0 Å². The van der Waals surface area contributed by atoms with Crippen molar-refractivity contribution in [2.45, 2.75) is 27.2 Å². The van der Waals surface area contributed by atoms with Gasteiger partial charge in [-0.1, -0.05) is 20.8 Å². The van der Waals surface area contributed by atoms with Gasteiger partial charge in [0.15, 0.2) is 0 Å². The number of nitriles is 1. The van der Waals surface area contributed by atoms with Gasteiger partial charge in [-0.05, 0) is 11.8 Å². The Kier molecular flexibility index (Phi) is 3.26. The van der Waals surface area contributed by atoms with Crippen molar-refractivity contribution in [2.24, 2.45) is 5.92 Å². The summed E-state index contributed by atoms with van der Waals surface area (Å²) in [5, 5.41) is 8.22. The van der Waals surface area contributed by atoms with E-state index in [1.54, 1.807) is 0 Å². The Balaban J connectivity index is 3.35. The SMILES string of the molecule is C[C](C)C(C)CC#N. The summed E-state index contributed by atoms with van der Waals surface area (Å²) in [6.45, 7) is 6.18. The van der Waals surface area contributed by atoms with E-state index in [1.807, 2.05) is 0 Å². The molecule has 0 aliphatic carbocycles. The monoisotopic (exact) mass is 110 g/mol. The molecule has 0 aromatic heterocycles. The van der Waals surface area contributed by atoms with Gasteiger partial charge >= 0.3 is 0 Å². The molecule has 0 heterocycles. The fourth-order valence-corrected chi connectivity index (χ4v) is 0.341. The minimum atomic E-state index is 0.472. The van der Waals surface area contributed by atoms with Crippen molar-refractivity contribution in [3.63, 3.8) is 0 Å². The zero-order chi connectivity index (χ0) is 6.57. The van der Waals surface area contributed by atoms with E-state index in [1.165, 1.54) is 5.92 Å². The maximum absolute atomic E-state index is 8.22. The van der Waals surface area contributed by atoms with Crippen LogP contribution in [-0.2, 0) is 0 Å². The van der Waals surface area contributed by atoms with Gasteiger partial charge in [0.1, 0.15) is 0 Å². The van der Waals surface area contributed by atoms with Crippen molar-refractivity contribution in [3.8, 4) is 6.07 Å². The summed E-state index contributed by atoms with van der Waals surface area (Å²) in [7, 11) is 0. The highest BCUT2D eigenvalue weighted by Gasteiger charge is 2.04. The molecule has 1 heteroatoms. The molecule has 0 aromatic carbocycles. The van der Waals surface area contributed by atoms with E-state index < -0.39 is 0 Å². The van der Waals surface area contributed by atoms with Crippen molar-refractivity contribution in [3.05, 3.63) is 5.92 Å². The predicted molar refractivity (Wildman–Crippen MR) is 34.0 cm³/mol. The Labute approximate surface area is 51.3 Å². The van der Waals surface area contributed by atoms with Gasteiger partial charge in [-0.2, -0.15) is 5.26 Å². The van der Waals surface area contributed by atoms with Crippen LogP contribution in [0.5, 0.6) is 0 Å². The topological polar surface area (TPSA) is 23.8 Å². The van der Waals surface area contributed by atoms with Gasteiger partial charge in [0.05, 0.1) is 6.07 Å². The average molecular weight is 110 g/mol. The van der Waals surface area contributed by atoms with Crippen molar-refractivity contribution < 1.29 is 0 Å².